The van der Waals surface area contributed by atoms with Crippen molar-refractivity contribution in [3.8, 4) is 0 Å². The van der Waals surface area contributed by atoms with E-state index in [-0.39, 0.29) is 5.92 Å². The molecule has 0 fully saturated rings. The second-order valence-corrected chi connectivity index (χ2v) is 4.60. The van der Waals surface area contributed by atoms with Crippen molar-refractivity contribution in [1.29, 1.82) is 0 Å². The van der Waals surface area contributed by atoms with Crippen LogP contribution in [0, 0.1) is 6.92 Å². The Morgan fingerprint density at radius 3 is 2.44 bits per heavy atom. The molecule has 1 N–H and O–H groups in total. The van der Waals surface area contributed by atoms with Crippen LogP contribution in [0.1, 0.15) is 37.9 Å². The van der Waals surface area contributed by atoms with E-state index >= 15 is 0 Å². The zero-order valence-corrected chi connectivity index (χ0v) is 11.5. The minimum absolute atomic E-state index is 0.250. The van der Waals surface area contributed by atoms with E-state index < -0.39 is 0 Å². The molecule has 2 nitrogen and oxygen atoms in total. The van der Waals surface area contributed by atoms with Gasteiger partial charge in [0.1, 0.15) is 21.5 Å². The quantitative estimate of drug-likeness (QED) is 0.634. The fraction of sp³-hybridized carbons (Fsp3) is 0.357. The number of nitrogens with zero attached hydrogens (tertiary/aromatic N) is 1. The molecule has 0 aliphatic heterocycles. The molecule has 0 spiro atoms. The average molecular weight is 236 g/mol. The van der Waals surface area contributed by atoms with E-state index in [1.54, 1.807) is 0 Å². The summed E-state index contributed by atoms with van der Waals surface area (Å²) in [4.78, 5) is 4.50. The Labute approximate surface area is 112 Å². The maximum atomic E-state index is 6.04. The van der Waals surface area contributed by atoms with Crippen LogP contribution in [0.3, 0.4) is 0 Å². The highest BCUT2D eigenvalue weighted by Crippen LogP contribution is 2.13. The number of anilines is 1. The summed E-state index contributed by atoms with van der Waals surface area (Å²) in [5, 5.41) is 3.10. The molecule has 18 heavy (non-hydrogen) atoms. The Hall–Kier alpha value is -1.44. The van der Waals surface area contributed by atoms with Gasteiger partial charge in [0.25, 0.3) is 0 Å². The Balaban J connectivity index is 3.24. The third kappa shape index (κ3) is 3.06. The minimum atomic E-state index is 0.250. The van der Waals surface area contributed by atoms with E-state index in [2.05, 4.69) is 30.7 Å². The predicted octanol–water partition coefficient (Wildman–Crippen LogP) is 1.60. The lowest BCUT2D eigenvalue weighted by Gasteiger charge is -2.19. The maximum absolute atomic E-state index is 6.04. The Morgan fingerprint density at radius 1 is 1.33 bits per heavy atom. The van der Waals surface area contributed by atoms with Crippen LogP contribution in [0.2, 0.25) is 0 Å². The largest absolute Gasteiger partial charge is 0.341 e. The van der Waals surface area contributed by atoms with Gasteiger partial charge < -0.3 is 5.32 Å². The van der Waals surface area contributed by atoms with Crippen LogP contribution in [-0.4, -0.2) is 20.7 Å². The predicted molar refractivity (Wildman–Crippen MR) is 81.4 cm³/mol. The van der Waals surface area contributed by atoms with E-state index in [1.807, 2.05) is 26.0 Å². The highest BCUT2D eigenvalue weighted by atomic mass is 15.0. The van der Waals surface area contributed by atoms with Gasteiger partial charge in [-0.15, -0.1) is 0 Å². The third-order valence-electron chi connectivity index (χ3n) is 2.77. The van der Waals surface area contributed by atoms with Crippen molar-refractivity contribution in [1.82, 2.24) is 4.98 Å². The van der Waals surface area contributed by atoms with Crippen molar-refractivity contribution < 1.29 is 0 Å². The van der Waals surface area contributed by atoms with Gasteiger partial charge in [-0.25, -0.2) is 4.98 Å². The first-order chi connectivity index (χ1) is 8.38. The summed E-state index contributed by atoms with van der Waals surface area (Å²) in [6, 6.07) is 0. The number of hydrogen-bond donors (Lipinski definition) is 1. The summed E-state index contributed by atoms with van der Waals surface area (Å²) in [7, 11) is 12.1. The molecule has 0 aliphatic carbocycles. The maximum Gasteiger partial charge on any atom is 0.123 e. The van der Waals surface area contributed by atoms with E-state index in [0.29, 0.717) is 16.7 Å². The number of rotatable bonds is 4. The number of pyridine rings is 1. The van der Waals surface area contributed by atoms with E-state index in [4.69, 9.17) is 15.7 Å². The van der Waals surface area contributed by atoms with Crippen molar-refractivity contribution in [2.24, 2.45) is 0 Å². The third-order valence-corrected chi connectivity index (χ3v) is 2.77. The van der Waals surface area contributed by atoms with Crippen molar-refractivity contribution >= 4 is 32.4 Å². The van der Waals surface area contributed by atoms with Crippen molar-refractivity contribution in [3.05, 3.63) is 35.7 Å². The molecule has 0 atom stereocenters. The molecule has 90 valence electrons. The van der Waals surface area contributed by atoms with Crippen LogP contribution in [0.4, 0.5) is 5.82 Å². The highest BCUT2D eigenvalue weighted by Gasteiger charge is 2.12. The molecule has 1 heterocycles. The number of aromatic nitrogens is 1. The van der Waals surface area contributed by atoms with E-state index in [1.165, 1.54) is 0 Å². The van der Waals surface area contributed by atoms with E-state index in [9.17, 15) is 0 Å². The molecule has 0 unspecified atom stereocenters. The topological polar surface area (TPSA) is 24.9 Å². The van der Waals surface area contributed by atoms with Crippen LogP contribution < -0.4 is 16.2 Å². The average Bonchev–Trinajstić information content (AvgIpc) is 2.30. The lowest BCUT2D eigenvalue weighted by Crippen LogP contribution is -2.29. The van der Waals surface area contributed by atoms with Gasteiger partial charge in [0.05, 0.1) is 0 Å². The van der Waals surface area contributed by atoms with Crippen molar-refractivity contribution in [2.75, 3.05) is 5.32 Å². The van der Waals surface area contributed by atoms with Crippen molar-refractivity contribution in [2.45, 2.75) is 33.6 Å². The second-order valence-electron chi connectivity index (χ2n) is 4.60. The standard InChI is InChI=1S/C14H18B2N2/c1-6-7-9(4)17-14-12(16)10(5)11(15)13(18-14)8(2)3/h6-8H,4H2,1-3,5H3,(H,17,18)/b7-6-. The summed E-state index contributed by atoms with van der Waals surface area (Å²) in [5.41, 5.74) is 3.71. The van der Waals surface area contributed by atoms with Gasteiger partial charge in [-0.3, -0.25) is 0 Å². The van der Waals surface area contributed by atoms with Crippen LogP contribution in [0.25, 0.3) is 0 Å². The molecule has 0 amide bonds. The molecule has 0 bridgehead atoms. The molecule has 1 rings (SSSR count). The first-order valence-electron chi connectivity index (χ1n) is 6.02. The molecule has 1 aromatic rings. The smallest absolute Gasteiger partial charge is 0.123 e. The van der Waals surface area contributed by atoms with E-state index in [0.717, 1.165) is 17.0 Å². The SMILES string of the molecule is [B]c1c(NC(=C)/C=C\C)nc(C(C)C)c([B])c1C. The molecule has 0 aromatic carbocycles. The van der Waals surface area contributed by atoms with Crippen LogP contribution in [0.5, 0.6) is 0 Å². The summed E-state index contributed by atoms with van der Waals surface area (Å²) < 4.78 is 0. The first-order valence-corrected chi connectivity index (χ1v) is 6.02. The summed E-state index contributed by atoms with van der Waals surface area (Å²) in [5.74, 6) is 0.869. The Bertz CT molecular complexity index is 491. The monoisotopic (exact) mass is 236 g/mol. The minimum Gasteiger partial charge on any atom is -0.341 e. The molecule has 0 saturated heterocycles. The molecule has 4 heteroatoms. The van der Waals surface area contributed by atoms with Crippen LogP contribution in [0.15, 0.2) is 24.4 Å². The lowest BCUT2D eigenvalue weighted by atomic mass is 9.79. The fourth-order valence-corrected chi connectivity index (χ4v) is 1.69. The van der Waals surface area contributed by atoms with Crippen LogP contribution >= 0.6 is 0 Å². The molecule has 4 radical (unpaired) electrons. The normalized spacial score (nSPS) is 11.2. The fourth-order valence-electron chi connectivity index (χ4n) is 1.69. The van der Waals surface area contributed by atoms with Gasteiger partial charge in [-0.2, -0.15) is 0 Å². The van der Waals surface area contributed by atoms with Gasteiger partial charge >= 0.3 is 0 Å². The van der Waals surface area contributed by atoms with Gasteiger partial charge in [-0.1, -0.05) is 43.0 Å². The van der Waals surface area contributed by atoms with Gasteiger partial charge in [0.2, 0.25) is 0 Å². The zero-order valence-electron chi connectivity index (χ0n) is 11.5. The number of nitrogens with one attached hydrogen (secondary N) is 1. The first kappa shape index (κ1) is 14.6. The van der Waals surface area contributed by atoms with Crippen LogP contribution in [-0.2, 0) is 0 Å². The molecular weight excluding hydrogens is 218 g/mol. The zero-order chi connectivity index (χ0) is 13.9. The number of hydrogen-bond acceptors (Lipinski definition) is 2. The summed E-state index contributed by atoms with van der Waals surface area (Å²) in [6.07, 6.45) is 3.76. The molecular formula is C14H18B2N2. The van der Waals surface area contributed by atoms with Gasteiger partial charge in [0.15, 0.2) is 0 Å². The molecule has 0 saturated carbocycles. The molecule has 0 aliphatic rings. The lowest BCUT2D eigenvalue weighted by molar-refractivity contribution is 0.832. The Morgan fingerprint density at radius 2 is 1.94 bits per heavy atom. The molecule has 1 aromatic heterocycles. The summed E-state index contributed by atoms with van der Waals surface area (Å²) >= 11 is 0. The van der Waals surface area contributed by atoms with Crippen molar-refractivity contribution in [3.63, 3.8) is 0 Å². The highest BCUT2D eigenvalue weighted by molar-refractivity contribution is 6.42. The number of allylic oxidation sites excluding steroid dienone is 2. The van der Waals surface area contributed by atoms with Gasteiger partial charge in [-0.05, 0) is 25.8 Å². The summed E-state index contributed by atoms with van der Waals surface area (Å²) in [6.45, 7) is 11.8. The Kier molecular flexibility index (Phi) is 4.83. The second kappa shape index (κ2) is 5.94. The van der Waals surface area contributed by atoms with Gasteiger partial charge in [0, 0.05) is 11.4 Å².